The van der Waals surface area contributed by atoms with Crippen molar-refractivity contribution in [2.45, 2.75) is 12.8 Å². The maximum absolute atomic E-state index is 5.27. The first kappa shape index (κ1) is 9.34. The number of ether oxygens (including phenoxy) is 1. The Labute approximate surface area is 83.5 Å². The number of thioether (sulfide) groups is 1. The second-order valence-corrected chi connectivity index (χ2v) is 4.49. The zero-order valence-corrected chi connectivity index (χ0v) is 8.68. The minimum Gasteiger partial charge on any atom is -0.378 e. The molecular formula is C9H16N2OS. The van der Waals surface area contributed by atoms with Crippen molar-refractivity contribution in [3.8, 4) is 0 Å². The topological polar surface area (TPSA) is 24.8 Å². The summed E-state index contributed by atoms with van der Waals surface area (Å²) in [6.07, 6.45) is 2.50. The SMILES string of the molecule is C1CSC/C(=N\N2CCOCC2)C1. The molecule has 13 heavy (non-hydrogen) atoms. The fraction of sp³-hybridized carbons (Fsp3) is 0.889. The predicted octanol–water partition coefficient (Wildman–Crippen LogP) is 1.20. The number of hydrogen-bond acceptors (Lipinski definition) is 4. The third-order valence-corrected chi connectivity index (χ3v) is 3.41. The van der Waals surface area contributed by atoms with Gasteiger partial charge in [-0.05, 0) is 18.6 Å². The van der Waals surface area contributed by atoms with Crippen LogP contribution in [0, 0.1) is 0 Å². The van der Waals surface area contributed by atoms with Crippen molar-refractivity contribution in [3.05, 3.63) is 0 Å². The predicted molar refractivity (Wildman–Crippen MR) is 56.4 cm³/mol. The molecule has 2 saturated heterocycles. The van der Waals surface area contributed by atoms with Gasteiger partial charge in [0.05, 0.1) is 26.3 Å². The summed E-state index contributed by atoms with van der Waals surface area (Å²) in [4.78, 5) is 0. The van der Waals surface area contributed by atoms with E-state index < -0.39 is 0 Å². The molecule has 4 heteroatoms. The molecule has 0 bridgehead atoms. The summed E-state index contributed by atoms with van der Waals surface area (Å²) in [6.45, 7) is 3.61. The van der Waals surface area contributed by atoms with Crippen molar-refractivity contribution < 1.29 is 4.74 Å². The van der Waals surface area contributed by atoms with Crippen molar-refractivity contribution in [1.82, 2.24) is 5.01 Å². The van der Waals surface area contributed by atoms with E-state index in [1.165, 1.54) is 24.3 Å². The first-order valence-corrected chi connectivity index (χ1v) is 6.07. The van der Waals surface area contributed by atoms with Gasteiger partial charge in [-0.2, -0.15) is 16.9 Å². The summed E-state index contributed by atoms with van der Waals surface area (Å²) in [5.74, 6) is 2.44. The van der Waals surface area contributed by atoms with Crippen LogP contribution in [0.25, 0.3) is 0 Å². The van der Waals surface area contributed by atoms with E-state index in [4.69, 9.17) is 4.74 Å². The number of rotatable bonds is 1. The van der Waals surface area contributed by atoms with Gasteiger partial charge >= 0.3 is 0 Å². The Morgan fingerprint density at radius 3 is 2.85 bits per heavy atom. The molecule has 0 N–H and O–H groups in total. The van der Waals surface area contributed by atoms with Crippen LogP contribution >= 0.6 is 11.8 Å². The normalized spacial score (nSPS) is 28.0. The number of morpholine rings is 1. The van der Waals surface area contributed by atoms with Crippen LogP contribution in [0.1, 0.15) is 12.8 Å². The lowest BCUT2D eigenvalue weighted by Gasteiger charge is -2.25. The summed E-state index contributed by atoms with van der Waals surface area (Å²) < 4.78 is 5.27. The highest BCUT2D eigenvalue weighted by Gasteiger charge is 2.11. The summed E-state index contributed by atoms with van der Waals surface area (Å²) in [7, 11) is 0. The fourth-order valence-corrected chi connectivity index (χ4v) is 2.50. The largest absolute Gasteiger partial charge is 0.378 e. The average Bonchev–Trinajstić information content (AvgIpc) is 2.21. The third kappa shape index (κ3) is 2.88. The minimum atomic E-state index is 0.837. The molecule has 2 heterocycles. The highest BCUT2D eigenvalue weighted by atomic mass is 32.2. The molecule has 0 atom stereocenters. The quantitative estimate of drug-likeness (QED) is 0.636. The molecule has 2 aliphatic rings. The van der Waals surface area contributed by atoms with Gasteiger partial charge in [0.2, 0.25) is 0 Å². The Hall–Kier alpha value is -0.220. The molecule has 2 rings (SSSR count). The van der Waals surface area contributed by atoms with E-state index in [0.717, 1.165) is 32.1 Å². The van der Waals surface area contributed by atoms with E-state index in [1.54, 1.807) is 0 Å². The van der Waals surface area contributed by atoms with Crippen LogP contribution < -0.4 is 0 Å². The van der Waals surface area contributed by atoms with Crippen LogP contribution in [0.3, 0.4) is 0 Å². The molecule has 0 saturated carbocycles. The molecule has 0 aromatic rings. The lowest BCUT2D eigenvalue weighted by atomic mass is 10.2. The summed E-state index contributed by atoms with van der Waals surface area (Å²) >= 11 is 2.00. The second-order valence-electron chi connectivity index (χ2n) is 3.39. The van der Waals surface area contributed by atoms with Crippen molar-refractivity contribution in [3.63, 3.8) is 0 Å². The maximum atomic E-state index is 5.27. The summed E-state index contributed by atoms with van der Waals surface area (Å²) in [5, 5.41) is 6.80. The van der Waals surface area contributed by atoms with Crippen molar-refractivity contribution in [1.29, 1.82) is 0 Å². The van der Waals surface area contributed by atoms with E-state index in [9.17, 15) is 0 Å². The molecule has 74 valence electrons. The van der Waals surface area contributed by atoms with Crippen LogP contribution in [-0.2, 0) is 4.74 Å². The van der Waals surface area contributed by atoms with Crippen LogP contribution in [0.4, 0.5) is 0 Å². The van der Waals surface area contributed by atoms with Crippen LogP contribution in [0.2, 0.25) is 0 Å². The minimum absolute atomic E-state index is 0.837. The Morgan fingerprint density at radius 1 is 1.31 bits per heavy atom. The molecule has 0 spiro atoms. The molecular weight excluding hydrogens is 184 g/mol. The smallest absolute Gasteiger partial charge is 0.0659 e. The number of nitrogens with zero attached hydrogens (tertiary/aromatic N) is 2. The van der Waals surface area contributed by atoms with Gasteiger partial charge < -0.3 is 4.74 Å². The standard InChI is InChI=1S/C9H16N2OS/c1-2-9(8-13-7-1)10-11-3-5-12-6-4-11/h1-8H2/b10-9-. The summed E-state index contributed by atoms with van der Waals surface area (Å²) in [5.41, 5.74) is 1.37. The zero-order chi connectivity index (χ0) is 8.93. The maximum Gasteiger partial charge on any atom is 0.0659 e. The number of hydrazone groups is 1. The van der Waals surface area contributed by atoms with Crippen LogP contribution in [-0.4, -0.2) is 48.5 Å². The Kier molecular flexibility index (Phi) is 3.49. The Bertz CT molecular complexity index is 182. The lowest BCUT2D eigenvalue weighted by molar-refractivity contribution is 0.0392. The van der Waals surface area contributed by atoms with Gasteiger partial charge in [0.1, 0.15) is 0 Å². The molecule has 0 radical (unpaired) electrons. The van der Waals surface area contributed by atoms with Crippen LogP contribution in [0.15, 0.2) is 5.10 Å². The molecule has 0 amide bonds. The molecule has 0 unspecified atom stereocenters. The second kappa shape index (κ2) is 4.86. The van der Waals surface area contributed by atoms with Crippen molar-refractivity contribution >= 4 is 17.5 Å². The summed E-state index contributed by atoms with van der Waals surface area (Å²) in [6, 6.07) is 0. The highest BCUT2D eigenvalue weighted by Crippen LogP contribution is 2.15. The Balaban J connectivity index is 1.85. The Morgan fingerprint density at radius 2 is 2.15 bits per heavy atom. The van der Waals surface area contributed by atoms with Gasteiger partial charge in [0, 0.05) is 11.5 Å². The van der Waals surface area contributed by atoms with E-state index in [2.05, 4.69) is 10.1 Å². The van der Waals surface area contributed by atoms with Crippen LogP contribution in [0.5, 0.6) is 0 Å². The van der Waals surface area contributed by atoms with Gasteiger partial charge in [-0.1, -0.05) is 0 Å². The molecule has 3 nitrogen and oxygen atoms in total. The van der Waals surface area contributed by atoms with Crippen molar-refractivity contribution in [2.24, 2.45) is 5.10 Å². The van der Waals surface area contributed by atoms with Crippen molar-refractivity contribution in [2.75, 3.05) is 37.8 Å². The van der Waals surface area contributed by atoms with E-state index in [-0.39, 0.29) is 0 Å². The van der Waals surface area contributed by atoms with E-state index in [0.29, 0.717) is 0 Å². The number of hydrogen-bond donors (Lipinski definition) is 0. The van der Waals surface area contributed by atoms with Gasteiger partial charge in [-0.3, -0.25) is 5.01 Å². The van der Waals surface area contributed by atoms with Gasteiger partial charge in [-0.25, -0.2) is 0 Å². The molecule has 2 aliphatic heterocycles. The third-order valence-electron chi connectivity index (χ3n) is 2.29. The highest BCUT2D eigenvalue weighted by molar-refractivity contribution is 8.00. The average molecular weight is 200 g/mol. The van der Waals surface area contributed by atoms with Gasteiger partial charge in [0.15, 0.2) is 0 Å². The van der Waals surface area contributed by atoms with Gasteiger partial charge in [0.25, 0.3) is 0 Å². The zero-order valence-electron chi connectivity index (χ0n) is 7.87. The van der Waals surface area contributed by atoms with E-state index >= 15 is 0 Å². The molecule has 0 aliphatic carbocycles. The fourth-order valence-electron chi connectivity index (χ4n) is 1.57. The van der Waals surface area contributed by atoms with E-state index in [1.807, 2.05) is 11.8 Å². The van der Waals surface area contributed by atoms with Gasteiger partial charge in [-0.15, -0.1) is 0 Å². The first-order chi connectivity index (χ1) is 6.45. The molecule has 2 fully saturated rings. The molecule has 0 aromatic heterocycles. The monoisotopic (exact) mass is 200 g/mol. The first-order valence-electron chi connectivity index (χ1n) is 4.92. The molecule has 0 aromatic carbocycles. The lowest BCUT2D eigenvalue weighted by Crippen LogP contribution is -2.33.